The number of hydrogen-bond donors (Lipinski definition) is 1. The monoisotopic (exact) mass is 384 g/mol. The van der Waals surface area contributed by atoms with Gasteiger partial charge in [0.25, 0.3) is 0 Å². The Morgan fingerprint density at radius 2 is 2.00 bits per heavy atom. The van der Waals surface area contributed by atoms with Crippen molar-refractivity contribution in [2.45, 2.75) is 32.7 Å². The van der Waals surface area contributed by atoms with Crippen molar-refractivity contribution in [3.63, 3.8) is 0 Å². The Morgan fingerprint density at radius 1 is 1.31 bits per heavy atom. The first-order valence-corrected chi connectivity index (χ1v) is 9.76. The van der Waals surface area contributed by atoms with Crippen LogP contribution < -0.4 is 5.69 Å². The first kappa shape index (κ1) is 16.0. The summed E-state index contributed by atoms with van der Waals surface area (Å²) in [5, 5.41) is 8.59. The fraction of sp³-hybridized carbons (Fsp3) is 0.316. The predicted octanol–water partition coefficient (Wildman–Crippen LogP) is 3.98. The lowest BCUT2D eigenvalue weighted by Gasteiger charge is -2.11. The second-order valence-corrected chi connectivity index (χ2v) is 8.79. The van der Waals surface area contributed by atoms with Crippen molar-refractivity contribution < 1.29 is 0 Å². The van der Waals surface area contributed by atoms with Gasteiger partial charge in [-0.25, -0.2) is 14.5 Å². The van der Waals surface area contributed by atoms with E-state index in [-0.39, 0.29) is 5.69 Å². The first-order chi connectivity index (χ1) is 12.4. The summed E-state index contributed by atoms with van der Waals surface area (Å²) in [4.78, 5) is 19.0. The number of aliphatic imine (C=N–C) groups is 1. The van der Waals surface area contributed by atoms with Crippen molar-refractivity contribution in [2.75, 3.05) is 0 Å². The predicted molar refractivity (Wildman–Crippen MR) is 104 cm³/mol. The number of thiophene rings is 1. The zero-order valence-electron chi connectivity index (χ0n) is 14.6. The van der Waals surface area contributed by atoms with Gasteiger partial charge in [0.05, 0.1) is 5.71 Å². The highest BCUT2D eigenvalue weighted by Gasteiger charge is 2.58. The highest BCUT2D eigenvalue weighted by atomic mass is 35.5. The average Bonchev–Trinajstić information content (AvgIpc) is 2.98. The van der Waals surface area contributed by atoms with Gasteiger partial charge in [0.15, 0.2) is 5.82 Å². The van der Waals surface area contributed by atoms with E-state index in [1.807, 2.05) is 24.3 Å². The second kappa shape index (κ2) is 5.18. The van der Waals surface area contributed by atoms with Gasteiger partial charge in [-0.3, -0.25) is 4.99 Å². The molecule has 0 amide bonds. The second-order valence-electron chi connectivity index (χ2n) is 7.15. The summed E-state index contributed by atoms with van der Waals surface area (Å²) in [5.74, 6) is 1.07. The number of aryl methyl sites for hydroxylation is 1. The molecule has 5 nitrogen and oxygen atoms in total. The van der Waals surface area contributed by atoms with E-state index < -0.39 is 5.54 Å². The topological polar surface area (TPSA) is 63.0 Å². The Balaban J connectivity index is 1.89. The Bertz CT molecular complexity index is 1140. The van der Waals surface area contributed by atoms with Crippen LogP contribution >= 0.6 is 22.9 Å². The van der Waals surface area contributed by atoms with Crippen LogP contribution in [0.2, 0.25) is 5.02 Å². The molecule has 1 N–H and O–H groups in total. The Labute approximate surface area is 159 Å². The van der Waals surface area contributed by atoms with E-state index in [0.29, 0.717) is 10.9 Å². The van der Waals surface area contributed by atoms with Crippen LogP contribution in [0.3, 0.4) is 0 Å². The van der Waals surface area contributed by atoms with Crippen LogP contribution in [0.5, 0.6) is 0 Å². The number of benzene rings is 1. The molecule has 1 aliphatic carbocycles. The maximum Gasteiger partial charge on any atom is 0.348 e. The zero-order chi connectivity index (χ0) is 18.2. The van der Waals surface area contributed by atoms with Crippen molar-refractivity contribution in [3.05, 3.63) is 67.2 Å². The summed E-state index contributed by atoms with van der Waals surface area (Å²) in [5.41, 5.74) is 3.48. The normalized spacial score (nSPS) is 23.4. The van der Waals surface area contributed by atoms with E-state index in [4.69, 9.17) is 16.6 Å². The van der Waals surface area contributed by atoms with Gasteiger partial charge in [0, 0.05) is 21.0 Å². The van der Waals surface area contributed by atoms with Crippen molar-refractivity contribution in [2.24, 2.45) is 10.9 Å². The van der Waals surface area contributed by atoms with Crippen molar-refractivity contribution in [1.29, 1.82) is 0 Å². The van der Waals surface area contributed by atoms with Crippen LogP contribution in [0.25, 0.3) is 5.00 Å². The van der Waals surface area contributed by atoms with E-state index in [0.717, 1.165) is 39.6 Å². The third kappa shape index (κ3) is 2.00. The van der Waals surface area contributed by atoms with Gasteiger partial charge in [0.1, 0.15) is 10.5 Å². The largest absolute Gasteiger partial charge is 0.348 e. The van der Waals surface area contributed by atoms with Crippen LogP contribution in [0.15, 0.2) is 34.1 Å². The molecule has 2 aromatic heterocycles. The Morgan fingerprint density at radius 3 is 2.65 bits per heavy atom. The molecule has 26 heavy (non-hydrogen) atoms. The van der Waals surface area contributed by atoms with Gasteiger partial charge >= 0.3 is 5.69 Å². The van der Waals surface area contributed by atoms with Crippen LogP contribution in [0, 0.1) is 19.8 Å². The zero-order valence-corrected chi connectivity index (χ0v) is 16.2. The standard InChI is InChI=1S/C19H17ClN4OS/c1-9-8-19(9)17-22-23-18(25)24(17)16-14(10(2)11(3)26-16)15(21-19)12-4-6-13(20)7-5-12/h4-7,9H,8H2,1-3H3,(H,23,25). The number of nitrogens with one attached hydrogen (secondary N) is 1. The molecule has 1 aromatic carbocycles. The smallest absolute Gasteiger partial charge is 0.269 e. The van der Waals surface area contributed by atoms with E-state index in [9.17, 15) is 4.79 Å². The molecular weight excluding hydrogens is 368 g/mol. The van der Waals surface area contributed by atoms with E-state index >= 15 is 0 Å². The molecule has 0 bridgehead atoms. The number of aromatic amines is 1. The lowest BCUT2D eigenvalue weighted by molar-refractivity contribution is 0.607. The van der Waals surface area contributed by atoms with Gasteiger partial charge in [-0.2, -0.15) is 5.10 Å². The minimum atomic E-state index is -0.437. The van der Waals surface area contributed by atoms with Gasteiger partial charge in [-0.15, -0.1) is 11.3 Å². The van der Waals surface area contributed by atoms with Gasteiger partial charge in [0.2, 0.25) is 0 Å². The quantitative estimate of drug-likeness (QED) is 0.689. The molecular formula is C19H17ClN4OS. The highest BCUT2D eigenvalue weighted by Crippen LogP contribution is 2.56. The van der Waals surface area contributed by atoms with Crippen LogP contribution in [-0.4, -0.2) is 20.5 Å². The third-order valence-corrected chi connectivity index (χ3v) is 7.01. The van der Waals surface area contributed by atoms with E-state index in [2.05, 4.69) is 31.0 Å². The van der Waals surface area contributed by atoms with E-state index in [1.54, 1.807) is 15.9 Å². The lowest BCUT2D eigenvalue weighted by Crippen LogP contribution is -2.19. The summed E-state index contributed by atoms with van der Waals surface area (Å²) in [6.45, 7) is 6.33. The Kier molecular flexibility index (Phi) is 3.19. The van der Waals surface area contributed by atoms with E-state index in [1.165, 1.54) is 4.88 Å². The van der Waals surface area contributed by atoms with Gasteiger partial charge in [-0.05, 0) is 43.9 Å². The van der Waals surface area contributed by atoms with Crippen molar-refractivity contribution in [1.82, 2.24) is 14.8 Å². The number of aromatic nitrogens is 3. The summed E-state index contributed by atoms with van der Waals surface area (Å²) in [7, 11) is 0. The van der Waals surface area contributed by atoms with Crippen LogP contribution in [0.1, 0.15) is 40.7 Å². The van der Waals surface area contributed by atoms with Gasteiger partial charge < -0.3 is 0 Å². The minimum Gasteiger partial charge on any atom is -0.269 e. The number of nitrogens with zero attached hydrogens (tertiary/aromatic N) is 3. The summed E-state index contributed by atoms with van der Waals surface area (Å²) in [6, 6.07) is 7.76. The molecule has 1 aliphatic heterocycles. The number of H-pyrrole nitrogens is 1. The SMILES string of the molecule is Cc1sc2c(c1C)C(c1ccc(Cl)cc1)=NC1(CC1C)c1n[nH]c(=O)n1-2. The number of fused-ring (bicyclic) bond motifs is 4. The molecule has 3 heterocycles. The molecule has 0 radical (unpaired) electrons. The van der Waals surface area contributed by atoms with Gasteiger partial charge in [-0.1, -0.05) is 30.7 Å². The van der Waals surface area contributed by atoms with Crippen molar-refractivity contribution in [3.8, 4) is 5.00 Å². The van der Waals surface area contributed by atoms with Crippen LogP contribution in [0.4, 0.5) is 0 Å². The van der Waals surface area contributed by atoms with Crippen LogP contribution in [-0.2, 0) is 5.54 Å². The van der Waals surface area contributed by atoms with Crippen molar-refractivity contribution >= 4 is 28.6 Å². The fourth-order valence-electron chi connectivity index (χ4n) is 3.82. The number of halogens is 1. The molecule has 132 valence electrons. The molecule has 5 rings (SSSR count). The Hall–Kier alpha value is -2.18. The maximum absolute atomic E-state index is 12.6. The first-order valence-electron chi connectivity index (χ1n) is 8.57. The molecule has 3 aromatic rings. The fourth-order valence-corrected chi connectivity index (χ4v) is 5.10. The minimum absolute atomic E-state index is 0.200. The number of hydrogen-bond acceptors (Lipinski definition) is 4. The maximum atomic E-state index is 12.6. The summed E-state index contributed by atoms with van der Waals surface area (Å²) >= 11 is 7.71. The molecule has 7 heteroatoms. The number of rotatable bonds is 1. The molecule has 1 saturated carbocycles. The molecule has 1 fully saturated rings. The molecule has 0 saturated heterocycles. The summed E-state index contributed by atoms with van der Waals surface area (Å²) in [6.07, 6.45) is 0.890. The third-order valence-electron chi connectivity index (χ3n) is 5.57. The summed E-state index contributed by atoms with van der Waals surface area (Å²) < 4.78 is 1.73. The highest BCUT2D eigenvalue weighted by molar-refractivity contribution is 7.15. The molecule has 2 unspecified atom stereocenters. The molecule has 2 atom stereocenters. The lowest BCUT2D eigenvalue weighted by atomic mass is 9.99. The average molecular weight is 385 g/mol. The molecule has 2 aliphatic rings. The molecule has 1 spiro atoms.